The van der Waals surface area contributed by atoms with Gasteiger partial charge in [-0.25, -0.2) is 5.01 Å². The molecule has 0 saturated carbocycles. The number of imide groups is 1. The molecule has 3 amide bonds. The Morgan fingerprint density at radius 3 is 2.15 bits per heavy atom. The Labute approximate surface area is 125 Å². The molecule has 0 bridgehead atoms. The molecule has 0 N–H and O–H groups in total. The molecule has 1 rings (SSSR count). The SMILES string of the molecule is CC(=O)CN1C(=O)/C=C/SCS/C=C/C(=O)N1C(C)=O. The van der Waals surface area contributed by atoms with Crippen LogP contribution in [-0.2, 0) is 19.2 Å². The highest BCUT2D eigenvalue weighted by atomic mass is 32.2. The van der Waals surface area contributed by atoms with Crippen LogP contribution in [0.4, 0.5) is 0 Å². The molecule has 0 spiro atoms. The lowest BCUT2D eigenvalue weighted by atomic mass is 10.4. The maximum absolute atomic E-state index is 12.0. The Morgan fingerprint density at radius 2 is 1.65 bits per heavy atom. The Kier molecular flexibility index (Phi) is 6.53. The summed E-state index contributed by atoms with van der Waals surface area (Å²) in [6, 6.07) is 0. The number of thioether (sulfide) groups is 2. The second-order valence-electron chi connectivity index (χ2n) is 3.82. The van der Waals surface area contributed by atoms with Crippen molar-refractivity contribution in [3.63, 3.8) is 0 Å². The monoisotopic (exact) mass is 314 g/mol. The smallest absolute Gasteiger partial charge is 0.272 e. The lowest BCUT2D eigenvalue weighted by Gasteiger charge is -2.29. The summed E-state index contributed by atoms with van der Waals surface area (Å²) in [6.07, 6.45) is 2.45. The fourth-order valence-corrected chi connectivity index (χ4v) is 2.76. The zero-order valence-electron chi connectivity index (χ0n) is 11.1. The van der Waals surface area contributed by atoms with E-state index < -0.39 is 17.7 Å². The topological polar surface area (TPSA) is 74.8 Å². The second-order valence-corrected chi connectivity index (χ2v) is 5.98. The zero-order valence-corrected chi connectivity index (χ0v) is 12.7. The van der Waals surface area contributed by atoms with Crippen molar-refractivity contribution in [3.8, 4) is 0 Å². The van der Waals surface area contributed by atoms with Crippen molar-refractivity contribution >= 4 is 47.0 Å². The van der Waals surface area contributed by atoms with Crippen molar-refractivity contribution in [1.29, 1.82) is 0 Å². The van der Waals surface area contributed by atoms with Gasteiger partial charge >= 0.3 is 0 Å². The molecule has 20 heavy (non-hydrogen) atoms. The molecule has 0 aromatic heterocycles. The normalized spacial score (nSPS) is 20.3. The molecule has 0 aliphatic carbocycles. The molecule has 108 valence electrons. The van der Waals surface area contributed by atoms with Gasteiger partial charge in [-0.3, -0.25) is 19.2 Å². The number of hydrazine groups is 1. The van der Waals surface area contributed by atoms with Crippen molar-refractivity contribution in [2.45, 2.75) is 13.8 Å². The van der Waals surface area contributed by atoms with Crippen LogP contribution in [-0.4, -0.2) is 45.2 Å². The van der Waals surface area contributed by atoms with Gasteiger partial charge in [-0.05, 0) is 17.7 Å². The Balaban J connectivity index is 3.17. The third-order valence-corrected chi connectivity index (χ3v) is 3.87. The fourth-order valence-electron chi connectivity index (χ4n) is 1.39. The first-order valence-electron chi connectivity index (χ1n) is 5.65. The Hall–Kier alpha value is -1.54. The van der Waals surface area contributed by atoms with E-state index in [-0.39, 0.29) is 12.3 Å². The van der Waals surface area contributed by atoms with Crippen molar-refractivity contribution in [3.05, 3.63) is 23.0 Å². The van der Waals surface area contributed by atoms with Gasteiger partial charge in [0.1, 0.15) is 6.54 Å². The predicted octanol–water partition coefficient (Wildman–Crippen LogP) is 1.16. The van der Waals surface area contributed by atoms with Crippen molar-refractivity contribution in [2.24, 2.45) is 0 Å². The highest BCUT2D eigenvalue weighted by Gasteiger charge is 2.28. The molecule has 0 unspecified atom stereocenters. The molecular formula is C12H14N2O4S2. The summed E-state index contributed by atoms with van der Waals surface area (Å²) in [7, 11) is 0. The standard InChI is InChI=1S/C12H14N2O4S2/c1-9(15)7-13-11(17)3-5-19-8-20-6-4-12(18)14(13)10(2)16/h3-6H,7-8H2,1-2H3/b5-3+,6-4+. The molecule has 1 aliphatic heterocycles. The van der Waals surface area contributed by atoms with Crippen LogP contribution in [0, 0.1) is 0 Å². The van der Waals surface area contributed by atoms with Crippen molar-refractivity contribution < 1.29 is 19.2 Å². The van der Waals surface area contributed by atoms with Gasteiger partial charge in [-0.2, -0.15) is 5.01 Å². The van der Waals surface area contributed by atoms with Crippen LogP contribution in [0.25, 0.3) is 0 Å². The predicted molar refractivity (Wildman–Crippen MR) is 78.3 cm³/mol. The lowest BCUT2D eigenvalue weighted by Crippen LogP contribution is -2.52. The van der Waals surface area contributed by atoms with E-state index in [2.05, 4.69) is 0 Å². The molecule has 0 saturated heterocycles. The lowest BCUT2D eigenvalue weighted by molar-refractivity contribution is -0.168. The highest BCUT2D eigenvalue weighted by Crippen LogP contribution is 2.16. The largest absolute Gasteiger partial charge is 0.298 e. The van der Waals surface area contributed by atoms with Crippen LogP contribution < -0.4 is 0 Å². The molecule has 1 aliphatic rings. The van der Waals surface area contributed by atoms with E-state index in [1.54, 1.807) is 10.8 Å². The average molecular weight is 314 g/mol. The van der Waals surface area contributed by atoms with Crippen molar-refractivity contribution in [2.75, 3.05) is 11.6 Å². The van der Waals surface area contributed by atoms with E-state index in [9.17, 15) is 19.2 Å². The van der Waals surface area contributed by atoms with Gasteiger partial charge in [0.05, 0.1) is 0 Å². The fraction of sp³-hybridized carbons (Fsp3) is 0.333. The molecule has 0 fully saturated rings. The summed E-state index contributed by atoms with van der Waals surface area (Å²) in [5, 5.41) is 5.30. The van der Waals surface area contributed by atoms with E-state index in [0.29, 0.717) is 10.1 Å². The number of carbonyl (C=O) groups excluding carboxylic acids is 4. The van der Waals surface area contributed by atoms with Crippen molar-refractivity contribution in [1.82, 2.24) is 10.0 Å². The first-order valence-corrected chi connectivity index (χ1v) is 7.75. The van der Waals surface area contributed by atoms with Crippen LogP contribution in [0.5, 0.6) is 0 Å². The van der Waals surface area contributed by atoms with Crippen LogP contribution >= 0.6 is 23.5 Å². The quantitative estimate of drug-likeness (QED) is 0.761. The number of nitrogens with zero attached hydrogens (tertiary/aromatic N) is 2. The van der Waals surface area contributed by atoms with E-state index in [1.807, 2.05) is 0 Å². The van der Waals surface area contributed by atoms with Gasteiger partial charge in [0, 0.05) is 24.2 Å². The van der Waals surface area contributed by atoms with E-state index in [0.717, 1.165) is 11.9 Å². The summed E-state index contributed by atoms with van der Waals surface area (Å²) in [6.45, 7) is 2.11. The molecule has 0 aromatic rings. The van der Waals surface area contributed by atoms with E-state index in [1.165, 1.54) is 42.6 Å². The van der Waals surface area contributed by atoms with Gasteiger partial charge in [0.15, 0.2) is 5.78 Å². The van der Waals surface area contributed by atoms with Crippen LogP contribution in [0.2, 0.25) is 0 Å². The highest BCUT2D eigenvalue weighted by molar-refractivity contribution is 8.18. The van der Waals surface area contributed by atoms with Crippen LogP contribution in [0.3, 0.4) is 0 Å². The second kappa shape index (κ2) is 7.91. The van der Waals surface area contributed by atoms with E-state index >= 15 is 0 Å². The number of hydrogen-bond acceptors (Lipinski definition) is 6. The minimum Gasteiger partial charge on any atom is -0.298 e. The first-order chi connectivity index (χ1) is 9.43. The number of ketones is 1. The third-order valence-electron chi connectivity index (χ3n) is 2.13. The molecule has 6 nitrogen and oxygen atoms in total. The van der Waals surface area contributed by atoms with Crippen LogP contribution in [0.1, 0.15) is 13.8 Å². The number of Topliss-reactive ketones (excluding diaryl/α,β-unsaturated/α-hetero) is 1. The maximum Gasteiger partial charge on any atom is 0.272 e. The van der Waals surface area contributed by atoms with Gasteiger partial charge in [-0.1, -0.05) is 0 Å². The summed E-state index contributed by atoms with van der Waals surface area (Å²) >= 11 is 2.75. The summed E-state index contributed by atoms with van der Waals surface area (Å²) < 4.78 is 0. The van der Waals surface area contributed by atoms with Gasteiger partial charge in [0.2, 0.25) is 5.91 Å². The minimum atomic E-state index is -0.653. The molecule has 8 heteroatoms. The molecule has 0 radical (unpaired) electrons. The number of carbonyl (C=O) groups is 4. The number of hydrogen-bond donors (Lipinski definition) is 0. The summed E-state index contributed by atoms with van der Waals surface area (Å²) in [5.41, 5.74) is 0. The van der Waals surface area contributed by atoms with Crippen LogP contribution in [0.15, 0.2) is 23.0 Å². The molecule has 1 heterocycles. The van der Waals surface area contributed by atoms with E-state index in [4.69, 9.17) is 0 Å². The molecule has 0 atom stereocenters. The summed E-state index contributed by atoms with van der Waals surface area (Å²) in [5.74, 6) is -2.19. The molecular weight excluding hydrogens is 300 g/mol. The maximum atomic E-state index is 12.0. The number of rotatable bonds is 2. The first kappa shape index (κ1) is 16.5. The van der Waals surface area contributed by atoms with Gasteiger partial charge in [0.25, 0.3) is 11.8 Å². The third kappa shape index (κ3) is 4.86. The Bertz CT molecular complexity index is 488. The summed E-state index contributed by atoms with van der Waals surface area (Å²) in [4.78, 5) is 46.9. The molecule has 0 aromatic carbocycles. The average Bonchev–Trinajstić information content (AvgIpc) is 2.37. The minimum absolute atomic E-state index is 0.327. The van der Waals surface area contributed by atoms with Gasteiger partial charge < -0.3 is 0 Å². The van der Waals surface area contributed by atoms with Gasteiger partial charge in [-0.15, -0.1) is 23.5 Å². The zero-order chi connectivity index (χ0) is 15.1. The Morgan fingerprint density at radius 1 is 1.10 bits per heavy atom. The number of amides is 3.